The molecule has 0 aliphatic heterocycles. The molecule has 0 fully saturated rings. The summed E-state index contributed by atoms with van der Waals surface area (Å²) in [5.41, 5.74) is 1.03. The van der Waals surface area contributed by atoms with Gasteiger partial charge >= 0.3 is 0 Å². The molecule has 11 heteroatoms. The zero-order chi connectivity index (χ0) is 24.8. The molecule has 6 aromatic rings. The van der Waals surface area contributed by atoms with Gasteiger partial charge in [0.25, 0.3) is 11.1 Å². The van der Waals surface area contributed by atoms with Crippen LogP contribution in [0.1, 0.15) is 12.7 Å². The standard InChI is InChI=1S/C25H18ClN7O3/c1-2-36-17-10-8-16(9-11-17)32-24(35)19-12-7-15(26)13-21(19)33-22(28-29-25(32)33)14-31-23(34)18-5-3-4-6-20(18)27-30-31/h3-13H,2,14H2,1H3. The summed E-state index contributed by atoms with van der Waals surface area (Å²) >= 11 is 6.29. The molecule has 0 spiro atoms. The average molecular weight is 500 g/mol. The number of hydrogen-bond acceptors (Lipinski definition) is 7. The van der Waals surface area contributed by atoms with E-state index in [9.17, 15) is 9.59 Å². The Balaban J connectivity index is 1.59. The van der Waals surface area contributed by atoms with Gasteiger partial charge in [0.1, 0.15) is 17.8 Å². The fourth-order valence-electron chi connectivity index (χ4n) is 4.23. The monoisotopic (exact) mass is 499 g/mol. The minimum Gasteiger partial charge on any atom is -0.494 e. The van der Waals surface area contributed by atoms with Crippen LogP contribution in [0.25, 0.3) is 33.3 Å². The summed E-state index contributed by atoms with van der Waals surface area (Å²) in [4.78, 5) is 26.6. The number of benzene rings is 3. The Morgan fingerprint density at radius 2 is 1.69 bits per heavy atom. The summed E-state index contributed by atoms with van der Waals surface area (Å²) in [6.07, 6.45) is 0. The molecule has 0 aliphatic carbocycles. The van der Waals surface area contributed by atoms with Crippen LogP contribution in [0.2, 0.25) is 5.02 Å². The van der Waals surface area contributed by atoms with Crippen molar-refractivity contribution in [3.63, 3.8) is 0 Å². The number of rotatable bonds is 5. The molecule has 0 saturated carbocycles. The fraction of sp³-hybridized carbons (Fsp3) is 0.120. The number of halogens is 1. The fourth-order valence-corrected chi connectivity index (χ4v) is 4.40. The lowest BCUT2D eigenvalue weighted by Gasteiger charge is -2.12. The van der Waals surface area contributed by atoms with Crippen LogP contribution < -0.4 is 15.9 Å². The Morgan fingerprint density at radius 3 is 2.50 bits per heavy atom. The first-order valence-electron chi connectivity index (χ1n) is 11.2. The summed E-state index contributed by atoms with van der Waals surface area (Å²) in [7, 11) is 0. The van der Waals surface area contributed by atoms with Crippen LogP contribution in [0.4, 0.5) is 0 Å². The maximum Gasteiger partial charge on any atom is 0.278 e. The highest BCUT2D eigenvalue weighted by Crippen LogP contribution is 2.22. The Bertz CT molecular complexity index is 1890. The van der Waals surface area contributed by atoms with Crippen molar-refractivity contribution in [1.82, 2.24) is 34.2 Å². The Hall–Kier alpha value is -4.57. The van der Waals surface area contributed by atoms with Crippen LogP contribution in [0.3, 0.4) is 0 Å². The topological polar surface area (TPSA) is 109 Å². The van der Waals surface area contributed by atoms with E-state index in [0.717, 1.165) is 0 Å². The van der Waals surface area contributed by atoms with E-state index in [0.29, 0.717) is 50.7 Å². The lowest BCUT2D eigenvalue weighted by Crippen LogP contribution is -2.26. The van der Waals surface area contributed by atoms with E-state index in [1.807, 2.05) is 6.92 Å². The zero-order valence-electron chi connectivity index (χ0n) is 19.0. The van der Waals surface area contributed by atoms with Crippen LogP contribution in [-0.4, -0.2) is 40.8 Å². The Morgan fingerprint density at radius 1 is 0.889 bits per heavy atom. The molecule has 0 bridgehead atoms. The van der Waals surface area contributed by atoms with Gasteiger partial charge in [0.15, 0.2) is 5.82 Å². The quantitative estimate of drug-likeness (QED) is 0.358. The minimum atomic E-state index is -0.306. The summed E-state index contributed by atoms with van der Waals surface area (Å²) in [5, 5.41) is 18.2. The smallest absolute Gasteiger partial charge is 0.278 e. The second-order valence-corrected chi connectivity index (χ2v) is 8.49. The second-order valence-electron chi connectivity index (χ2n) is 8.05. The highest BCUT2D eigenvalue weighted by atomic mass is 35.5. The molecule has 0 N–H and O–H groups in total. The largest absolute Gasteiger partial charge is 0.494 e. The predicted octanol–water partition coefficient (Wildman–Crippen LogP) is 3.24. The van der Waals surface area contributed by atoms with Gasteiger partial charge < -0.3 is 4.74 Å². The van der Waals surface area contributed by atoms with Crippen molar-refractivity contribution >= 4 is 39.2 Å². The third-order valence-corrected chi connectivity index (χ3v) is 6.11. The zero-order valence-corrected chi connectivity index (χ0v) is 19.8. The molecule has 178 valence electrons. The first-order chi connectivity index (χ1) is 17.5. The van der Waals surface area contributed by atoms with Gasteiger partial charge in [-0.25, -0.2) is 9.25 Å². The normalized spacial score (nSPS) is 11.5. The van der Waals surface area contributed by atoms with Crippen molar-refractivity contribution in [2.45, 2.75) is 13.5 Å². The molecule has 0 aliphatic rings. The van der Waals surface area contributed by atoms with E-state index < -0.39 is 0 Å². The predicted molar refractivity (Wildman–Crippen MR) is 135 cm³/mol. The van der Waals surface area contributed by atoms with Crippen LogP contribution in [-0.2, 0) is 6.54 Å². The highest BCUT2D eigenvalue weighted by Gasteiger charge is 2.19. The first-order valence-corrected chi connectivity index (χ1v) is 11.6. The SMILES string of the molecule is CCOc1ccc(-n2c(=O)c3ccc(Cl)cc3n3c(Cn4nnc5ccccc5c4=O)nnc23)cc1. The van der Waals surface area contributed by atoms with E-state index in [1.165, 1.54) is 9.25 Å². The Labute approximate surface area is 208 Å². The van der Waals surface area contributed by atoms with Gasteiger partial charge in [0.05, 0.1) is 28.6 Å². The highest BCUT2D eigenvalue weighted by molar-refractivity contribution is 6.31. The molecule has 3 aromatic carbocycles. The van der Waals surface area contributed by atoms with E-state index in [1.54, 1.807) is 71.1 Å². The minimum absolute atomic E-state index is 0.0130. The van der Waals surface area contributed by atoms with Gasteiger partial charge in [0, 0.05) is 5.02 Å². The number of nitrogens with zero attached hydrogens (tertiary/aromatic N) is 7. The number of fused-ring (bicyclic) bond motifs is 4. The Kier molecular flexibility index (Phi) is 5.23. The van der Waals surface area contributed by atoms with E-state index in [2.05, 4.69) is 20.5 Å². The van der Waals surface area contributed by atoms with Crippen molar-refractivity contribution < 1.29 is 4.74 Å². The third-order valence-electron chi connectivity index (χ3n) is 5.87. The van der Waals surface area contributed by atoms with Crippen LogP contribution in [0, 0.1) is 0 Å². The van der Waals surface area contributed by atoms with Gasteiger partial charge in [-0.05, 0) is 61.5 Å². The van der Waals surface area contributed by atoms with Gasteiger partial charge in [-0.15, -0.1) is 15.3 Å². The molecule has 36 heavy (non-hydrogen) atoms. The van der Waals surface area contributed by atoms with E-state index in [4.69, 9.17) is 16.3 Å². The molecule has 3 heterocycles. The lowest BCUT2D eigenvalue weighted by atomic mass is 10.2. The van der Waals surface area contributed by atoms with Gasteiger partial charge in [0.2, 0.25) is 5.78 Å². The first kappa shape index (κ1) is 21.9. The van der Waals surface area contributed by atoms with Crippen molar-refractivity contribution in [2.24, 2.45) is 0 Å². The number of aromatic nitrogens is 7. The number of hydrogen-bond donors (Lipinski definition) is 0. The molecule has 0 unspecified atom stereocenters. The van der Waals surface area contributed by atoms with Gasteiger partial charge in [-0.1, -0.05) is 28.9 Å². The van der Waals surface area contributed by atoms with Crippen molar-refractivity contribution in [1.29, 1.82) is 0 Å². The summed E-state index contributed by atoms with van der Waals surface area (Å²) in [6, 6.07) is 19.1. The van der Waals surface area contributed by atoms with Gasteiger partial charge in [-0.2, -0.15) is 0 Å². The molecule has 6 rings (SSSR count). The molecule has 10 nitrogen and oxygen atoms in total. The molecule has 0 atom stereocenters. The molecule has 0 saturated heterocycles. The molecular formula is C25H18ClN7O3. The molecule has 3 aromatic heterocycles. The lowest BCUT2D eigenvalue weighted by molar-refractivity contribution is 0.340. The summed E-state index contributed by atoms with van der Waals surface area (Å²) in [5.74, 6) is 1.36. The molecular weight excluding hydrogens is 482 g/mol. The van der Waals surface area contributed by atoms with E-state index >= 15 is 0 Å². The number of ether oxygens (including phenoxy) is 1. The van der Waals surface area contributed by atoms with Crippen molar-refractivity contribution in [3.05, 3.63) is 98.3 Å². The van der Waals surface area contributed by atoms with Crippen molar-refractivity contribution in [3.8, 4) is 11.4 Å². The van der Waals surface area contributed by atoms with Crippen LogP contribution >= 0.6 is 11.6 Å². The maximum absolute atomic E-state index is 13.6. The maximum atomic E-state index is 13.6. The average Bonchev–Trinajstić information content (AvgIpc) is 3.30. The van der Waals surface area contributed by atoms with E-state index in [-0.39, 0.29) is 23.4 Å². The molecule has 0 radical (unpaired) electrons. The van der Waals surface area contributed by atoms with Crippen LogP contribution in [0.15, 0.2) is 76.3 Å². The van der Waals surface area contributed by atoms with Gasteiger partial charge in [-0.3, -0.25) is 14.0 Å². The van der Waals surface area contributed by atoms with Crippen molar-refractivity contribution in [2.75, 3.05) is 6.61 Å². The molecule has 0 amide bonds. The summed E-state index contributed by atoms with van der Waals surface area (Å²) in [6.45, 7) is 2.42. The van der Waals surface area contributed by atoms with Crippen LogP contribution in [0.5, 0.6) is 5.75 Å². The third kappa shape index (κ3) is 3.50. The second kappa shape index (κ2) is 8.58. The summed E-state index contributed by atoms with van der Waals surface area (Å²) < 4.78 is 9.93.